The monoisotopic (exact) mass is 321 g/mol. The third-order valence-corrected chi connectivity index (χ3v) is 4.06. The molecule has 1 aromatic carbocycles. The van der Waals surface area contributed by atoms with Crippen LogP contribution in [0.5, 0.6) is 0 Å². The number of benzene rings is 1. The summed E-state index contributed by atoms with van der Waals surface area (Å²) in [6, 6.07) is 7.04. The van der Waals surface area contributed by atoms with Gasteiger partial charge in [-0.05, 0) is 17.5 Å². The Kier molecular flexibility index (Phi) is 5.57. The summed E-state index contributed by atoms with van der Waals surface area (Å²) >= 11 is 6.05. The quantitative estimate of drug-likeness (QED) is 0.855. The van der Waals surface area contributed by atoms with Gasteiger partial charge >= 0.3 is 0 Å². The zero-order valence-corrected chi connectivity index (χ0v) is 13.4. The van der Waals surface area contributed by atoms with Crippen molar-refractivity contribution in [3.8, 4) is 0 Å². The van der Waals surface area contributed by atoms with Crippen LogP contribution in [0, 0.1) is 5.92 Å². The number of carbonyl (C=O) groups is 1. The summed E-state index contributed by atoms with van der Waals surface area (Å²) in [5.41, 5.74) is 7.11. The Morgan fingerprint density at radius 2 is 2.18 bits per heavy atom. The molecule has 0 fully saturated rings. The van der Waals surface area contributed by atoms with Crippen LogP contribution in [0.4, 0.5) is 0 Å². The molecule has 0 saturated carbocycles. The third-order valence-electron chi connectivity index (χ3n) is 3.69. The van der Waals surface area contributed by atoms with Gasteiger partial charge < -0.3 is 15.5 Å². The summed E-state index contributed by atoms with van der Waals surface area (Å²) in [5, 5.41) is 3.38. The molecule has 22 heavy (non-hydrogen) atoms. The first-order valence-corrected chi connectivity index (χ1v) is 7.63. The normalized spacial score (nSPS) is 13.6. The molecule has 1 aromatic heterocycles. The van der Waals surface area contributed by atoms with Crippen LogP contribution in [0.3, 0.4) is 0 Å². The fraction of sp³-hybridized carbons (Fsp3) is 0.375. The first-order chi connectivity index (χ1) is 10.5. The molecule has 6 heteroatoms. The van der Waals surface area contributed by atoms with Gasteiger partial charge in [-0.15, -0.1) is 0 Å². The summed E-state index contributed by atoms with van der Waals surface area (Å²) in [6.45, 7) is 4.40. The topological polar surface area (TPSA) is 81.1 Å². The standard InChI is InChI=1S/C16H20ClN3O2/c1-3-10(2)14(18)16-20-13(9-22-16)15(21)19-8-11-6-4-5-7-12(11)17/h4-7,9-10,14H,3,8,18H2,1-2H3,(H,19,21). The minimum Gasteiger partial charge on any atom is -0.446 e. The maximum Gasteiger partial charge on any atom is 0.273 e. The second kappa shape index (κ2) is 7.42. The number of oxazole rings is 1. The molecule has 2 aromatic rings. The largest absolute Gasteiger partial charge is 0.446 e. The molecule has 3 N–H and O–H groups in total. The fourth-order valence-electron chi connectivity index (χ4n) is 1.95. The van der Waals surface area contributed by atoms with Crippen molar-refractivity contribution in [1.29, 1.82) is 0 Å². The predicted octanol–water partition coefficient (Wildman–Crippen LogP) is 3.30. The molecule has 1 heterocycles. The highest BCUT2D eigenvalue weighted by molar-refractivity contribution is 6.31. The number of hydrogen-bond acceptors (Lipinski definition) is 4. The van der Waals surface area contributed by atoms with Gasteiger partial charge in [-0.1, -0.05) is 50.1 Å². The van der Waals surface area contributed by atoms with Crippen molar-refractivity contribution in [2.24, 2.45) is 11.7 Å². The lowest BCUT2D eigenvalue weighted by atomic mass is 10.0. The number of amides is 1. The number of nitrogens with zero attached hydrogens (tertiary/aromatic N) is 1. The molecular formula is C16H20ClN3O2. The third kappa shape index (κ3) is 3.87. The number of nitrogens with one attached hydrogen (secondary N) is 1. The minimum absolute atomic E-state index is 0.223. The number of halogens is 1. The van der Waals surface area contributed by atoms with E-state index in [0.717, 1.165) is 12.0 Å². The second-order valence-electron chi connectivity index (χ2n) is 5.26. The maximum atomic E-state index is 12.1. The van der Waals surface area contributed by atoms with Gasteiger partial charge in [0.15, 0.2) is 5.69 Å². The lowest BCUT2D eigenvalue weighted by Crippen LogP contribution is -2.24. The Labute approximate surface area is 134 Å². The van der Waals surface area contributed by atoms with Crippen LogP contribution in [0.1, 0.15) is 48.3 Å². The van der Waals surface area contributed by atoms with Crippen LogP contribution >= 0.6 is 11.6 Å². The number of nitrogens with two attached hydrogens (primary N) is 1. The van der Waals surface area contributed by atoms with Crippen molar-refractivity contribution >= 4 is 17.5 Å². The van der Waals surface area contributed by atoms with Gasteiger partial charge in [0.05, 0.1) is 6.04 Å². The summed E-state index contributed by atoms with van der Waals surface area (Å²) < 4.78 is 5.32. The summed E-state index contributed by atoms with van der Waals surface area (Å²) in [4.78, 5) is 16.3. The zero-order chi connectivity index (χ0) is 16.1. The SMILES string of the molecule is CCC(C)C(N)c1nc(C(=O)NCc2ccccc2Cl)co1. The van der Waals surface area contributed by atoms with Crippen molar-refractivity contribution in [2.75, 3.05) is 0 Å². The molecule has 0 aliphatic rings. The van der Waals surface area contributed by atoms with Crippen LogP contribution in [0.15, 0.2) is 34.9 Å². The average Bonchev–Trinajstić information content (AvgIpc) is 3.02. The van der Waals surface area contributed by atoms with Crippen LogP contribution in [-0.2, 0) is 6.54 Å². The van der Waals surface area contributed by atoms with E-state index in [1.807, 2.05) is 32.0 Å². The summed E-state index contributed by atoms with van der Waals surface area (Å²) in [5.74, 6) is 0.307. The van der Waals surface area contributed by atoms with E-state index in [0.29, 0.717) is 17.5 Å². The first kappa shape index (κ1) is 16.5. The van der Waals surface area contributed by atoms with Crippen molar-refractivity contribution in [3.05, 3.63) is 52.7 Å². The molecule has 0 spiro atoms. The van der Waals surface area contributed by atoms with Gasteiger partial charge in [-0.2, -0.15) is 0 Å². The van der Waals surface area contributed by atoms with Crippen LogP contribution in [0.25, 0.3) is 0 Å². The van der Waals surface area contributed by atoms with Gasteiger partial charge in [-0.25, -0.2) is 4.98 Å². The van der Waals surface area contributed by atoms with E-state index in [1.165, 1.54) is 6.26 Å². The Hall–Kier alpha value is -1.85. The summed E-state index contributed by atoms with van der Waals surface area (Å²) in [6.07, 6.45) is 2.25. The zero-order valence-electron chi connectivity index (χ0n) is 12.7. The Morgan fingerprint density at radius 3 is 2.86 bits per heavy atom. The number of carbonyl (C=O) groups excluding carboxylic acids is 1. The highest BCUT2D eigenvalue weighted by Gasteiger charge is 2.20. The molecule has 1 amide bonds. The number of hydrogen-bond donors (Lipinski definition) is 2. The van der Waals surface area contributed by atoms with Crippen molar-refractivity contribution < 1.29 is 9.21 Å². The molecule has 2 rings (SSSR count). The molecular weight excluding hydrogens is 302 g/mol. The van der Waals surface area contributed by atoms with E-state index >= 15 is 0 Å². The van der Waals surface area contributed by atoms with Gasteiger partial charge in [0.2, 0.25) is 5.89 Å². The van der Waals surface area contributed by atoms with Crippen LogP contribution in [-0.4, -0.2) is 10.9 Å². The van der Waals surface area contributed by atoms with Gasteiger partial charge in [0, 0.05) is 11.6 Å². The second-order valence-corrected chi connectivity index (χ2v) is 5.66. The van der Waals surface area contributed by atoms with E-state index in [-0.39, 0.29) is 23.6 Å². The van der Waals surface area contributed by atoms with Crippen molar-refractivity contribution in [3.63, 3.8) is 0 Å². The molecule has 0 radical (unpaired) electrons. The Bertz CT molecular complexity index is 642. The molecule has 0 bridgehead atoms. The summed E-state index contributed by atoms with van der Waals surface area (Å²) in [7, 11) is 0. The lowest BCUT2D eigenvalue weighted by molar-refractivity contribution is 0.0946. The molecule has 0 aliphatic carbocycles. The highest BCUT2D eigenvalue weighted by atomic mass is 35.5. The van der Waals surface area contributed by atoms with E-state index in [2.05, 4.69) is 10.3 Å². The fourth-order valence-corrected chi connectivity index (χ4v) is 2.15. The van der Waals surface area contributed by atoms with Crippen molar-refractivity contribution in [2.45, 2.75) is 32.9 Å². The van der Waals surface area contributed by atoms with Crippen molar-refractivity contribution in [1.82, 2.24) is 10.3 Å². The number of rotatable bonds is 6. The smallest absolute Gasteiger partial charge is 0.273 e. The molecule has 118 valence electrons. The van der Waals surface area contributed by atoms with E-state index < -0.39 is 0 Å². The Balaban J connectivity index is 1.99. The maximum absolute atomic E-state index is 12.1. The van der Waals surface area contributed by atoms with Gasteiger partial charge in [0.25, 0.3) is 5.91 Å². The van der Waals surface area contributed by atoms with E-state index in [9.17, 15) is 4.79 Å². The van der Waals surface area contributed by atoms with Crippen LogP contribution < -0.4 is 11.1 Å². The predicted molar refractivity (Wildman–Crippen MR) is 85.5 cm³/mol. The average molecular weight is 322 g/mol. The van der Waals surface area contributed by atoms with E-state index in [4.69, 9.17) is 21.8 Å². The van der Waals surface area contributed by atoms with E-state index in [1.54, 1.807) is 6.07 Å². The first-order valence-electron chi connectivity index (χ1n) is 7.25. The molecule has 2 atom stereocenters. The molecule has 2 unspecified atom stereocenters. The van der Waals surface area contributed by atoms with Gasteiger partial charge in [-0.3, -0.25) is 4.79 Å². The van der Waals surface area contributed by atoms with Crippen LogP contribution in [0.2, 0.25) is 5.02 Å². The molecule has 0 saturated heterocycles. The Morgan fingerprint density at radius 1 is 1.45 bits per heavy atom. The molecule has 5 nitrogen and oxygen atoms in total. The molecule has 0 aliphatic heterocycles. The van der Waals surface area contributed by atoms with Gasteiger partial charge in [0.1, 0.15) is 6.26 Å². The number of aromatic nitrogens is 1. The highest BCUT2D eigenvalue weighted by Crippen LogP contribution is 2.21. The minimum atomic E-state index is -0.314. The lowest BCUT2D eigenvalue weighted by Gasteiger charge is -2.13.